The van der Waals surface area contributed by atoms with Gasteiger partial charge in [0.25, 0.3) is 0 Å². The summed E-state index contributed by atoms with van der Waals surface area (Å²) in [5, 5.41) is 2.78. The van der Waals surface area contributed by atoms with Crippen LogP contribution in [0.1, 0.15) is 40.3 Å². The molecule has 1 heterocycles. The van der Waals surface area contributed by atoms with Gasteiger partial charge in [-0.25, -0.2) is 13.9 Å². The van der Waals surface area contributed by atoms with Gasteiger partial charge in [-0.3, -0.25) is 0 Å². The maximum Gasteiger partial charge on any atom is 0.407 e. The van der Waals surface area contributed by atoms with Gasteiger partial charge in [0.2, 0.25) is 6.33 Å². The molecule has 0 atom stereocenters. The molecule has 0 spiro atoms. The number of aromatic nitrogens is 2. The molecule has 1 rings (SSSR count). The molecule has 0 saturated heterocycles. The first-order valence-corrected chi connectivity index (χ1v) is 6.90. The zero-order valence-corrected chi connectivity index (χ0v) is 12.7. The third-order valence-corrected chi connectivity index (χ3v) is 2.73. The van der Waals surface area contributed by atoms with Crippen molar-refractivity contribution >= 4 is 6.09 Å². The Morgan fingerprint density at radius 1 is 1.42 bits per heavy atom. The second kappa shape index (κ2) is 6.59. The molecule has 0 aliphatic carbocycles. The number of hydrogen-bond acceptors (Lipinski definition) is 2. The van der Waals surface area contributed by atoms with Crippen molar-refractivity contribution in [3.63, 3.8) is 0 Å². The minimum Gasteiger partial charge on any atom is -0.444 e. The first-order valence-electron chi connectivity index (χ1n) is 6.90. The molecule has 0 saturated carbocycles. The highest BCUT2D eigenvalue weighted by atomic mass is 16.6. The van der Waals surface area contributed by atoms with E-state index in [1.165, 1.54) is 5.69 Å². The highest BCUT2D eigenvalue weighted by molar-refractivity contribution is 5.67. The van der Waals surface area contributed by atoms with E-state index in [2.05, 4.69) is 40.8 Å². The van der Waals surface area contributed by atoms with Crippen LogP contribution in [0.4, 0.5) is 4.79 Å². The van der Waals surface area contributed by atoms with E-state index in [1.807, 2.05) is 20.8 Å². The average molecular weight is 268 g/mol. The Labute approximate surface area is 115 Å². The van der Waals surface area contributed by atoms with Gasteiger partial charge in [0.15, 0.2) is 0 Å². The normalized spacial score (nSPS) is 11.4. The van der Waals surface area contributed by atoms with Crippen molar-refractivity contribution in [1.29, 1.82) is 0 Å². The second-order valence-electron chi connectivity index (χ2n) is 5.53. The zero-order valence-electron chi connectivity index (χ0n) is 12.7. The fraction of sp³-hybridized carbons (Fsp3) is 0.714. The van der Waals surface area contributed by atoms with E-state index in [1.54, 1.807) is 0 Å². The van der Waals surface area contributed by atoms with Gasteiger partial charge in [-0.05, 0) is 34.6 Å². The number of amides is 1. The van der Waals surface area contributed by atoms with Crippen LogP contribution in [0.2, 0.25) is 0 Å². The lowest BCUT2D eigenvalue weighted by molar-refractivity contribution is -0.693. The van der Waals surface area contributed by atoms with E-state index < -0.39 is 5.60 Å². The third-order valence-electron chi connectivity index (χ3n) is 2.73. The largest absolute Gasteiger partial charge is 0.444 e. The predicted octanol–water partition coefficient (Wildman–Crippen LogP) is 1.88. The summed E-state index contributed by atoms with van der Waals surface area (Å²) in [5.41, 5.74) is 0.777. The van der Waals surface area contributed by atoms with Crippen LogP contribution < -0.4 is 9.88 Å². The van der Waals surface area contributed by atoms with Crippen molar-refractivity contribution in [2.45, 2.75) is 59.7 Å². The van der Waals surface area contributed by atoms with Gasteiger partial charge in [-0.15, -0.1) is 0 Å². The molecule has 0 unspecified atom stereocenters. The molecule has 1 amide bonds. The number of alkyl carbamates (subject to hydrolysis) is 1. The number of rotatable bonds is 5. The summed E-state index contributed by atoms with van der Waals surface area (Å²) < 4.78 is 9.54. The van der Waals surface area contributed by atoms with Gasteiger partial charge >= 0.3 is 6.09 Å². The molecule has 0 bridgehead atoms. The number of hydrogen-bond donors (Lipinski definition) is 1. The van der Waals surface area contributed by atoms with Gasteiger partial charge < -0.3 is 10.1 Å². The molecule has 1 aromatic rings. The SMILES string of the molecule is CCn1c[n+](CC)cc1CCNC(=O)OC(C)(C)C. The van der Waals surface area contributed by atoms with Crippen LogP contribution in [-0.2, 0) is 24.2 Å². The van der Waals surface area contributed by atoms with Crippen LogP contribution in [0, 0.1) is 0 Å². The first-order chi connectivity index (χ1) is 8.85. The summed E-state index contributed by atoms with van der Waals surface area (Å²) in [6.07, 6.45) is 4.67. The Kier molecular flexibility index (Phi) is 5.39. The number of aryl methyl sites for hydroxylation is 2. The van der Waals surface area contributed by atoms with Crippen LogP contribution in [0.15, 0.2) is 12.5 Å². The van der Waals surface area contributed by atoms with Gasteiger partial charge in [-0.2, -0.15) is 0 Å². The number of carbonyl (C=O) groups is 1. The average Bonchev–Trinajstić information content (AvgIpc) is 2.69. The van der Waals surface area contributed by atoms with Gasteiger partial charge in [0.05, 0.1) is 13.1 Å². The van der Waals surface area contributed by atoms with Gasteiger partial charge in [0.1, 0.15) is 17.5 Å². The van der Waals surface area contributed by atoms with Crippen molar-refractivity contribution < 1.29 is 14.1 Å². The van der Waals surface area contributed by atoms with Crippen molar-refractivity contribution in [3.8, 4) is 0 Å². The number of ether oxygens (including phenoxy) is 1. The topological polar surface area (TPSA) is 47.1 Å². The van der Waals surface area contributed by atoms with Crippen LogP contribution in [0.3, 0.4) is 0 Å². The van der Waals surface area contributed by atoms with Crippen LogP contribution in [-0.4, -0.2) is 22.8 Å². The van der Waals surface area contributed by atoms with Crippen LogP contribution >= 0.6 is 0 Å². The van der Waals surface area contributed by atoms with Crippen molar-refractivity contribution in [1.82, 2.24) is 9.88 Å². The molecular formula is C14H26N3O2+. The molecule has 5 nitrogen and oxygen atoms in total. The van der Waals surface area contributed by atoms with E-state index in [9.17, 15) is 4.79 Å². The van der Waals surface area contributed by atoms with Crippen LogP contribution in [0.25, 0.3) is 0 Å². The Morgan fingerprint density at radius 2 is 2.11 bits per heavy atom. The zero-order chi connectivity index (χ0) is 14.5. The number of imidazole rings is 1. The lowest BCUT2D eigenvalue weighted by atomic mass is 10.2. The van der Waals surface area contributed by atoms with E-state index in [0.29, 0.717) is 6.54 Å². The monoisotopic (exact) mass is 268 g/mol. The summed E-state index contributed by atoms with van der Waals surface area (Å²) in [5.74, 6) is 0. The maximum absolute atomic E-state index is 11.5. The lowest BCUT2D eigenvalue weighted by Crippen LogP contribution is -2.33. The molecule has 0 aliphatic heterocycles. The van der Waals surface area contributed by atoms with E-state index in [4.69, 9.17) is 4.74 Å². The molecule has 0 aromatic carbocycles. The lowest BCUT2D eigenvalue weighted by Gasteiger charge is -2.19. The quantitative estimate of drug-likeness (QED) is 0.829. The minimum absolute atomic E-state index is 0.356. The fourth-order valence-electron chi connectivity index (χ4n) is 1.82. The molecule has 1 N–H and O–H groups in total. The van der Waals surface area contributed by atoms with Gasteiger partial charge in [0, 0.05) is 13.0 Å². The summed E-state index contributed by atoms with van der Waals surface area (Å²) in [6, 6.07) is 0. The van der Waals surface area contributed by atoms with E-state index >= 15 is 0 Å². The highest BCUT2D eigenvalue weighted by Crippen LogP contribution is 2.06. The highest BCUT2D eigenvalue weighted by Gasteiger charge is 2.16. The van der Waals surface area contributed by atoms with Crippen molar-refractivity contribution in [2.75, 3.05) is 6.54 Å². The van der Waals surface area contributed by atoms with Gasteiger partial charge in [-0.1, -0.05) is 0 Å². The smallest absolute Gasteiger partial charge is 0.407 e. The fourth-order valence-corrected chi connectivity index (χ4v) is 1.82. The molecule has 19 heavy (non-hydrogen) atoms. The minimum atomic E-state index is -0.445. The summed E-state index contributed by atoms with van der Waals surface area (Å²) in [7, 11) is 0. The van der Waals surface area contributed by atoms with Crippen molar-refractivity contribution in [2.24, 2.45) is 0 Å². The summed E-state index contributed by atoms with van der Waals surface area (Å²) in [4.78, 5) is 11.5. The molecule has 0 radical (unpaired) electrons. The van der Waals surface area contributed by atoms with E-state index in [0.717, 1.165) is 19.5 Å². The molecular weight excluding hydrogens is 242 g/mol. The molecule has 1 aromatic heterocycles. The predicted molar refractivity (Wildman–Crippen MR) is 73.9 cm³/mol. The molecule has 0 aliphatic rings. The molecule has 5 heteroatoms. The number of carbonyl (C=O) groups excluding carboxylic acids is 1. The number of nitrogens with one attached hydrogen (secondary N) is 1. The summed E-state index contributed by atoms with van der Waals surface area (Å²) >= 11 is 0. The molecule has 0 fully saturated rings. The first kappa shape index (κ1) is 15.5. The third kappa shape index (κ3) is 5.32. The summed E-state index contributed by atoms with van der Waals surface area (Å²) in [6.45, 7) is 12.3. The molecule has 108 valence electrons. The Morgan fingerprint density at radius 3 is 2.63 bits per heavy atom. The standard InChI is InChI=1S/C14H25N3O2/c1-6-16-10-12(17(7-2)11-16)8-9-15-13(18)19-14(3,4)5/h10-11H,6-9H2,1-5H3/p+1. The van der Waals surface area contributed by atoms with Crippen molar-refractivity contribution in [3.05, 3.63) is 18.2 Å². The maximum atomic E-state index is 11.5. The van der Waals surface area contributed by atoms with Crippen LogP contribution in [0.5, 0.6) is 0 Å². The Balaban J connectivity index is 2.44. The second-order valence-corrected chi connectivity index (χ2v) is 5.53. The Hall–Kier alpha value is -1.52. The Bertz CT molecular complexity index is 419. The van der Waals surface area contributed by atoms with E-state index in [-0.39, 0.29) is 6.09 Å². The number of nitrogens with zero attached hydrogens (tertiary/aromatic N) is 2.